The third-order valence-corrected chi connectivity index (χ3v) is 6.52. The van der Waals surface area contributed by atoms with Crippen LogP contribution in [0.3, 0.4) is 0 Å². The molecule has 44 heavy (non-hydrogen) atoms. The molecule has 0 aromatic heterocycles. The summed E-state index contributed by atoms with van der Waals surface area (Å²) in [6.07, 6.45) is -3.73. The van der Waals surface area contributed by atoms with E-state index in [0.717, 1.165) is 12.0 Å². The minimum Gasteiger partial charge on any atom is -0.468 e. The van der Waals surface area contributed by atoms with E-state index in [9.17, 15) is 24.3 Å². The fourth-order valence-corrected chi connectivity index (χ4v) is 4.20. The van der Waals surface area contributed by atoms with Gasteiger partial charge in [0, 0.05) is 14.2 Å². The molecule has 2 N–H and O–H groups in total. The molecule has 0 aliphatic heterocycles. The van der Waals surface area contributed by atoms with Crippen LogP contribution in [-0.4, -0.2) is 80.2 Å². The molecule has 0 saturated heterocycles. The number of benzene rings is 3. The van der Waals surface area contributed by atoms with Gasteiger partial charge in [0.15, 0.2) is 18.9 Å². The second-order valence-electron chi connectivity index (χ2n) is 9.65. The Bertz CT molecular complexity index is 1370. The van der Waals surface area contributed by atoms with Crippen LogP contribution in [0.5, 0.6) is 5.75 Å². The number of hydrogen-bond acceptors (Lipinski definition) is 10. The zero-order valence-electron chi connectivity index (χ0n) is 24.9. The summed E-state index contributed by atoms with van der Waals surface area (Å²) in [4.78, 5) is 53.7. The zero-order valence-corrected chi connectivity index (χ0v) is 24.9. The molecule has 12 heteroatoms. The van der Waals surface area contributed by atoms with Crippen LogP contribution in [0, 0.1) is 0 Å². The Morgan fingerprint density at radius 1 is 0.886 bits per heavy atom. The van der Waals surface area contributed by atoms with Crippen LogP contribution in [0.2, 0.25) is 0 Å². The van der Waals surface area contributed by atoms with Gasteiger partial charge in [-0.05, 0) is 42.3 Å². The molecule has 2 amide bonds. The van der Waals surface area contributed by atoms with Crippen LogP contribution >= 0.6 is 0 Å². The van der Waals surface area contributed by atoms with Crippen molar-refractivity contribution in [1.82, 2.24) is 10.2 Å². The zero-order chi connectivity index (χ0) is 32.1. The smallest absolute Gasteiger partial charge is 0.408 e. The highest BCUT2D eigenvalue weighted by Crippen LogP contribution is 2.29. The number of rotatable bonds is 14. The van der Waals surface area contributed by atoms with Gasteiger partial charge < -0.3 is 39.0 Å². The minimum absolute atomic E-state index is 0.00465. The SMILES string of the molecule is COCOc1ccc(C(OC(=O)c2ccccc2)[C@@H](C(=O)OC)N(C)C(=O)[C@@H](NC(=O)OCc2ccccc2)[C@@H](C)O)cc1. The number of amides is 2. The molecule has 0 radical (unpaired) electrons. The van der Waals surface area contributed by atoms with Gasteiger partial charge in [-0.25, -0.2) is 14.4 Å². The fourth-order valence-electron chi connectivity index (χ4n) is 4.20. The maximum absolute atomic E-state index is 13.7. The molecular weight excluding hydrogens is 572 g/mol. The van der Waals surface area contributed by atoms with Crippen molar-refractivity contribution in [2.24, 2.45) is 0 Å². The Kier molecular flexibility index (Phi) is 12.7. The molecule has 0 spiro atoms. The molecular formula is C32H36N2O10. The summed E-state index contributed by atoms with van der Waals surface area (Å²) >= 11 is 0. The van der Waals surface area contributed by atoms with E-state index < -0.39 is 48.2 Å². The Morgan fingerprint density at radius 2 is 1.50 bits per heavy atom. The second kappa shape index (κ2) is 16.6. The first-order valence-corrected chi connectivity index (χ1v) is 13.6. The van der Waals surface area contributed by atoms with E-state index in [1.165, 1.54) is 33.2 Å². The largest absolute Gasteiger partial charge is 0.468 e. The number of aliphatic hydroxyl groups excluding tert-OH is 1. The number of alkyl carbamates (subject to hydrolysis) is 1. The number of likely N-dealkylation sites (N-methyl/N-ethyl adjacent to an activating group) is 1. The Morgan fingerprint density at radius 3 is 2.07 bits per heavy atom. The summed E-state index contributed by atoms with van der Waals surface area (Å²) in [5.41, 5.74) is 1.25. The number of carbonyl (C=O) groups is 4. The van der Waals surface area contributed by atoms with E-state index in [-0.39, 0.29) is 19.0 Å². The van der Waals surface area contributed by atoms with Crippen molar-refractivity contribution in [2.45, 2.75) is 37.8 Å². The highest BCUT2D eigenvalue weighted by Gasteiger charge is 2.42. The Labute approximate surface area is 255 Å². The van der Waals surface area contributed by atoms with Crippen LogP contribution in [0.4, 0.5) is 4.79 Å². The maximum Gasteiger partial charge on any atom is 0.408 e. The van der Waals surface area contributed by atoms with Crippen molar-refractivity contribution in [3.05, 3.63) is 102 Å². The third kappa shape index (κ3) is 9.28. The third-order valence-electron chi connectivity index (χ3n) is 6.52. The summed E-state index contributed by atoms with van der Waals surface area (Å²) in [7, 11) is 3.87. The fraction of sp³-hybridized carbons (Fsp3) is 0.312. The number of ether oxygens (including phenoxy) is 5. The van der Waals surface area contributed by atoms with Crippen molar-refractivity contribution in [3.8, 4) is 5.75 Å². The second-order valence-corrected chi connectivity index (χ2v) is 9.65. The van der Waals surface area contributed by atoms with Gasteiger partial charge in [-0.2, -0.15) is 0 Å². The van der Waals surface area contributed by atoms with E-state index in [4.69, 9.17) is 23.7 Å². The number of carbonyl (C=O) groups excluding carboxylic acids is 4. The molecule has 12 nitrogen and oxygen atoms in total. The van der Waals surface area contributed by atoms with Gasteiger partial charge in [0.2, 0.25) is 5.91 Å². The van der Waals surface area contributed by atoms with Gasteiger partial charge in [0.25, 0.3) is 0 Å². The number of hydrogen-bond donors (Lipinski definition) is 2. The van der Waals surface area contributed by atoms with E-state index in [2.05, 4.69) is 5.32 Å². The highest BCUT2D eigenvalue weighted by molar-refractivity contribution is 5.92. The number of esters is 2. The van der Waals surface area contributed by atoms with Gasteiger partial charge in [-0.3, -0.25) is 4.79 Å². The van der Waals surface area contributed by atoms with E-state index in [1.54, 1.807) is 66.7 Å². The predicted molar refractivity (Wildman–Crippen MR) is 157 cm³/mol. The topological polar surface area (TPSA) is 150 Å². The first-order chi connectivity index (χ1) is 21.2. The van der Waals surface area contributed by atoms with Crippen molar-refractivity contribution >= 4 is 23.9 Å². The maximum atomic E-state index is 13.7. The lowest BCUT2D eigenvalue weighted by Gasteiger charge is -2.35. The molecule has 1 unspecified atom stereocenters. The lowest BCUT2D eigenvalue weighted by atomic mass is 9.99. The summed E-state index contributed by atoms with van der Waals surface area (Å²) in [5, 5.41) is 12.8. The van der Waals surface area contributed by atoms with E-state index >= 15 is 0 Å². The quantitative estimate of drug-likeness (QED) is 0.159. The molecule has 0 bridgehead atoms. The van der Waals surface area contributed by atoms with E-state index in [0.29, 0.717) is 16.9 Å². The molecule has 0 heterocycles. The van der Waals surface area contributed by atoms with Crippen molar-refractivity contribution in [2.75, 3.05) is 28.1 Å². The normalized spacial score (nSPS) is 13.4. The number of nitrogens with zero attached hydrogens (tertiary/aromatic N) is 1. The van der Waals surface area contributed by atoms with Crippen molar-refractivity contribution in [1.29, 1.82) is 0 Å². The minimum atomic E-state index is -1.53. The molecule has 0 fully saturated rings. The van der Waals surface area contributed by atoms with Crippen molar-refractivity contribution < 1.29 is 48.0 Å². The highest BCUT2D eigenvalue weighted by atomic mass is 16.7. The molecule has 4 atom stereocenters. The number of nitrogens with one attached hydrogen (secondary N) is 1. The molecule has 0 saturated carbocycles. The first kappa shape index (κ1) is 33.6. The van der Waals surface area contributed by atoms with Crippen LogP contribution in [0.1, 0.15) is 34.5 Å². The van der Waals surface area contributed by atoms with Crippen LogP contribution in [0.25, 0.3) is 0 Å². The summed E-state index contributed by atoms with van der Waals surface area (Å²) < 4.78 is 26.4. The van der Waals surface area contributed by atoms with Crippen LogP contribution in [-0.2, 0) is 35.1 Å². The monoisotopic (exact) mass is 608 g/mol. The Hall–Kier alpha value is -4.94. The summed E-state index contributed by atoms with van der Waals surface area (Å²) in [6.45, 7) is 1.22. The Balaban J connectivity index is 1.91. The van der Waals surface area contributed by atoms with Gasteiger partial charge in [0.1, 0.15) is 18.4 Å². The average molecular weight is 609 g/mol. The predicted octanol–water partition coefficient (Wildman–Crippen LogP) is 3.24. The molecule has 0 aliphatic carbocycles. The molecule has 3 aromatic carbocycles. The summed E-state index contributed by atoms with van der Waals surface area (Å²) in [6, 6.07) is 20.2. The number of aliphatic hydroxyl groups is 1. The summed E-state index contributed by atoms with van der Waals surface area (Å²) in [5.74, 6) is -2.11. The molecule has 234 valence electrons. The van der Waals surface area contributed by atoms with Gasteiger partial charge >= 0.3 is 18.0 Å². The molecule has 3 aromatic rings. The average Bonchev–Trinajstić information content (AvgIpc) is 3.05. The number of methoxy groups -OCH3 is 2. The van der Waals surface area contributed by atoms with Gasteiger partial charge in [-0.1, -0.05) is 60.7 Å². The van der Waals surface area contributed by atoms with Gasteiger partial charge in [-0.15, -0.1) is 0 Å². The first-order valence-electron chi connectivity index (χ1n) is 13.6. The van der Waals surface area contributed by atoms with Crippen LogP contribution < -0.4 is 10.1 Å². The standard InChI is InChI=1S/C32H36N2O10/c1-21(35)26(33-32(39)42-19-22-11-7-5-8-12-22)29(36)34(2)27(31(38)41-4)28(44-30(37)24-13-9-6-10-14-24)23-15-17-25(18-16-23)43-20-40-3/h5-18,21,26-28,35H,19-20H2,1-4H3,(H,33,39)/t21-,26+,27+,28?/m1/s1. The molecule has 0 aliphatic rings. The van der Waals surface area contributed by atoms with Crippen LogP contribution in [0.15, 0.2) is 84.9 Å². The molecule has 3 rings (SSSR count). The van der Waals surface area contributed by atoms with Crippen molar-refractivity contribution in [3.63, 3.8) is 0 Å². The lowest BCUT2D eigenvalue weighted by Crippen LogP contribution is -2.57. The van der Waals surface area contributed by atoms with Gasteiger partial charge in [0.05, 0.1) is 18.8 Å². The van der Waals surface area contributed by atoms with E-state index in [1.807, 2.05) is 6.07 Å². The lowest BCUT2D eigenvalue weighted by molar-refractivity contribution is -0.158.